The average Bonchev–Trinajstić information content (AvgIpc) is 2.56. The molecule has 0 saturated heterocycles. The number of benzene rings is 2. The lowest BCUT2D eigenvalue weighted by atomic mass is 9.96. The summed E-state index contributed by atoms with van der Waals surface area (Å²) < 4.78 is 10.2. The highest BCUT2D eigenvalue weighted by molar-refractivity contribution is 5.33. The number of hydrogen-bond acceptors (Lipinski definition) is 5. The van der Waals surface area contributed by atoms with Crippen LogP contribution >= 0.6 is 0 Å². The highest BCUT2D eigenvalue weighted by atomic mass is 16.5. The zero-order valence-electron chi connectivity index (χ0n) is 12.1. The maximum absolute atomic E-state index is 10.5. The summed E-state index contributed by atoms with van der Waals surface area (Å²) in [6, 6.07) is 14.2. The predicted octanol–water partition coefficient (Wildman–Crippen LogP) is 1.94. The second-order valence-electron chi connectivity index (χ2n) is 4.64. The third-order valence-electron chi connectivity index (χ3n) is 3.43. The van der Waals surface area contributed by atoms with Crippen molar-refractivity contribution in [1.82, 2.24) is 5.43 Å². The molecule has 0 radical (unpaired) electrons. The van der Waals surface area contributed by atoms with E-state index in [1.807, 2.05) is 36.4 Å². The molecule has 0 aliphatic carbocycles. The first kappa shape index (κ1) is 15.3. The minimum atomic E-state index is -0.769. The number of methoxy groups -OCH3 is 2. The molecule has 112 valence electrons. The molecule has 0 unspecified atom stereocenters. The fourth-order valence-corrected chi connectivity index (χ4v) is 2.17. The standard InChI is InChI=1S/C16H20N2O3/c1-20-13-7-3-11(4-8-13)15(18-17)16(19)12-5-9-14(21-2)10-6-12/h3-10,15-16,18-19H,17H2,1-2H3/t15-,16-/m1/s1. The lowest BCUT2D eigenvalue weighted by molar-refractivity contribution is 0.129. The maximum atomic E-state index is 10.5. The van der Waals surface area contributed by atoms with E-state index in [1.54, 1.807) is 26.4 Å². The van der Waals surface area contributed by atoms with E-state index < -0.39 is 12.1 Å². The van der Waals surface area contributed by atoms with Crippen LogP contribution < -0.4 is 20.7 Å². The number of hydrazine groups is 1. The molecule has 5 heteroatoms. The van der Waals surface area contributed by atoms with E-state index in [9.17, 15) is 5.11 Å². The first-order chi connectivity index (χ1) is 10.2. The van der Waals surface area contributed by atoms with Crippen molar-refractivity contribution in [2.75, 3.05) is 14.2 Å². The first-order valence-electron chi connectivity index (χ1n) is 6.61. The Hall–Kier alpha value is -2.08. The smallest absolute Gasteiger partial charge is 0.118 e. The predicted molar refractivity (Wildman–Crippen MR) is 81.0 cm³/mol. The van der Waals surface area contributed by atoms with Gasteiger partial charge in [0.25, 0.3) is 0 Å². The van der Waals surface area contributed by atoms with Gasteiger partial charge < -0.3 is 14.6 Å². The monoisotopic (exact) mass is 288 g/mol. The van der Waals surface area contributed by atoms with E-state index >= 15 is 0 Å². The van der Waals surface area contributed by atoms with Gasteiger partial charge in [-0.3, -0.25) is 11.3 Å². The molecule has 0 aliphatic rings. The van der Waals surface area contributed by atoms with E-state index in [1.165, 1.54) is 0 Å². The van der Waals surface area contributed by atoms with Crippen molar-refractivity contribution >= 4 is 0 Å². The van der Waals surface area contributed by atoms with Gasteiger partial charge in [0.2, 0.25) is 0 Å². The lowest BCUT2D eigenvalue weighted by Crippen LogP contribution is -2.32. The molecule has 0 bridgehead atoms. The van der Waals surface area contributed by atoms with Crippen molar-refractivity contribution in [1.29, 1.82) is 0 Å². The van der Waals surface area contributed by atoms with Crippen LogP contribution in [-0.2, 0) is 0 Å². The molecule has 2 atom stereocenters. The van der Waals surface area contributed by atoms with E-state index in [0.717, 1.165) is 22.6 Å². The minimum absolute atomic E-state index is 0.413. The number of aliphatic hydroxyl groups excluding tert-OH is 1. The van der Waals surface area contributed by atoms with Crippen molar-refractivity contribution in [3.05, 3.63) is 59.7 Å². The summed E-state index contributed by atoms with van der Waals surface area (Å²) in [5, 5.41) is 10.5. The fourth-order valence-electron chi connectivity index (χ4n) is 2.17. The van der Waals surface area contributed by atoms with Crippen LogP contribution in [0, 0.1) is 0 Å². The van der Waals surface area contributed by atoms with Gasteiger partial charge in [-0.15, -0.1) is 0 Å². The minimum Gasteiger partial charge on any atom is -0.497 e. The van der Waals surface area contributed by atoms with Crippen LogP contribution in [0.3, 0.4) is 0 Å². The number of aliphatic hydroxyl groups is 1. The largest absolute Gasteiger partial charge is 0.497 e. The number of ether oxygens (including phenoxy) is 2. The molecule has 0 aliphatic heterocycles. The van der Waals surface area contributed by atoms with Crippen molar-refractivity contribution < 1.29 is 14.6 Å². The number of nitrogens with one attached hydrogen (secondary N) is 1. The van der Waals surface area contributed by atoms with Gasteiger partial charge in [0, 0.05) is 0 Å². The molecule has 0 heterocycles. The van der Waals surface area contributed by atoms with Crippen LogP contribution in [0.1, 0.15) is 23.3 Å². The van der Waals surface area contributed by atoms with Crippen LogP contribution in [0.15, 0.2) is 48.5 Å². The summed E-state index contributed by atoms with van der Waals surface area (Å²) >= 11 is 0. The van der Waals surface area contributed by atoms with Gasteiger partial charge in [-0.05, 0) is 35.4 Å². The summed E-state index contributed by atoms with van der Waals surface area (Å²) in [5.74, 6) is 7.10. The van der Waals surface area contributed by atoms with Gasteiger partial charge in [-0.2, -0.15) is 0 Å². The van der Waals surface area contributed by atoms with Crippen molar-refractivity contribution in [3.8, 4) is 11.5 Å². The van der Waals surface area contributed by atoms with Gasteiger partial charge in [-0.25, -0.2) is 0 Å². The highest BCUT2D eigenvalue weighted by Crippen LogP contribution is 2.30. The molecule has 0 saturated carbocycles. The molecule has 5 nitrogen and oxygen atoms in total. The number of hydrogen-bond donors (Lipinski definition) is 3. The molecule has 2 rings (SSSR count). The number of rotatable bonds is 6. The van der Waals surface area contributed by atoms with Gasteiger partial charge in [-0.1, -0.05) is 24.3 Å². The quantitative estimate of drug-likeness (QED) is 0.559. The topological polar surface area (TPSA) is 76.7 Å². The van der Waals surface area contributed by atoms with Crippen molar-refractivity contribution in [3.63, 3.8) is 0 Å². The molecule has 21 heavy (non-hydrogen) atoms. The number of nitrogens with two attached hydrogens (primary N) is 1. The zero-order valence-corrected chi connectivity index (χ0v) is 12.1. The Balaban J connectivity index is 2.21. The Kier molecular flexibility index (Phi) is 5.16. The SMILES string of the molecule is COc1ccc([C@@H](O)[C@H](NN)c2ccc(OC)cc2)cc1. The first-order valence-corrected chi connectivity index (χ1v) is 6.61. The molecule has 2 aromatic carbocycles. The van der Waals surface area contributed by atoms with Crippen LogP contribution in [0.25, 0.3) is 0 Å². The Morgan fingerprint density at radius 3 is 1.67 bits per heavy atom. The second kappa shape index (κ2) is 7.08. The third kappa shape index (κ3) is 3.52. The molecular weight excluding hydrogens is 268 g/mol. The molecular formula is C16H20N2O3. The van der Waals surface area contributed by atoms with Crippen LogP contribution in [0.4, 0.5) is 0 Å². The summed E-state index contributed by atoms with van der Waals surface area (Å²) in [4.78, 5) is 0. The lowest BCUT2D eigenvalue weighted by Gasteiger charge is -2.23. The third-order valence-corrected chi connectivity index (χ3v) is 3.43. The van der Waals surface area contributed by atoms with Gasteiger partial charge >= 0.3 is 0 Å². The summed E-state index contributed by atoms with van der Waals surface area (Å²) in [6.07, 6.45) is -0.769. The Morgan fingerprint density at radius 1 is 0.857 bits per heavy atom. The average molecular weight is 288 g/mol. The van der Waals surface area contributed by atoms with Gasteiger partial charge in [0.15, 0.2) is 0 Å². The van der Waals surface area contributed by atoms with Crippen molar-refractivity contribution in [2.24, 2.45) is 5.84 Å². The van der Waals surface area contributed by atoms with Crippen LogP contribution in [0.5, 0.6) is 11.5 Å². The normalized spacial score (nSPS) is 13.5. The van der Waals surface area contributed by atoms with E-state index in [4.69, 9.17) is 15.3 Å². The van der Waals surface area contributed by atoms with Gasteiger partial charge in [0.05, 0.1) is 26.4 Å². The van der Waals surface area contributed by atoms with E-state index in [0.29, 0.717) is 0 Å². The fraction of sp³-hybridized carbons (Fsp3) is 0.250. The van der Waals surface area contributed by atoms with Crippen molar-refractivity contribution in [2.45, 2.75) is 12.1 Å². The molecule has 0 spiro atoms. The van der Waals surface area contributed by atoms with Crippen LogP contribution in [0.2, 0.25) is 0 Å². The molecule has 0 fully saturated rings. The van der Waals surface area contributed by atoms with E-state index in [-0.39, 0.29) is 0 Å². The summed E-state index contributed by atoms with van der Waals surface area (Å²) in [6.45, 7) is 0. The van der Waals surface area contributed by atoms with Gasteiger partial charge in [0.1, 0.15) is 11.5 Å². The Labute approximate surface area is 124 Å². The Morgan fingerprint density at radius 2 is 1.29 bits per heavy atom. The Bertz CT molecular complexity index is 555. The highest BCUT2D eigenvalue weighted by Gasteiger charge is 2.21. The summed E-state index contributed by atoms with van der Waals surface area (Å²) in [7, 11) is 3.22. The molecule has 0 amide bonds. The zero-order chi connectivity index (χ0) is 15.2. The molecule has 0 aromatic heterocycles. The summed E-state index contributed by atoms with van der Waals surface area (Å²) in [5.41, 5.74) is 4.30. The van der Waals surface area contributed by atoms with E-state index in [2.05, 4.69) is 5.43 Å². The van der Waals surface area contributed by atoms with Crippen LogP contribution in [-0.4, -0.2) is 19.3 Å². The second-order valence-corrected chi connectivity index (χ2v) is 4.64. The maximum Gasteiger partial charge on any atom is 0.118 e. The molecule has 2 aromatic rings. The molecule has 4 N–H and O–H groups in total.